The van der Waals surface area contributed by atoms with Gasteiger partial charge in [0.25, 0.3) is 0 Å². The molecule has 0 aromatic rings. The molecule has 17 heavy (non-hydrogen) atoms. The van der Waals surface area contributed by atoms with Crippen LogP contribution in [0.3, 0.4) is 0 Å². The molecule has 4 nitrogen and oxygen atoms in total. The normalized spacial score (nSPS) is 32.9. The monoisotopic (exact) mass is 243 g/mol. The Labute approximate surface area is 104 Å². The van der Waals surface area contributed by atoms with Crippen LogP contribution in [-0.2, 0) is 14.3 Å². The van der Waals surface area contributed by atoms with Crippen LogP contribution in [0.5, 0.6) is 0 Å². The minimum absolute atomic E-state index is 0.0450. The summed E-state index contributed by atoms with van der Waals surface area (Å²) in [5.41, 5.74) is 5.85. The summed E-state index contributed by atoms with van der Waals surface area (Å²) in [6.07, 6.45) is 2.67. The number of rotatable bonds is 4. The maximum Gasteiger partial charge on any atom is 0.323 e. The highest BCUT2D eigenvalue weighted by molar-refractivity contribution is 5.76. The quantitative estimate of drug-likeness (QED) is 0.766. The molecule has 4 unspecified atom stereocenters. The first-order valence-electron chi connectivity index (χ1n) is 6.55. The van der Waals surface area contributed by atoms with Crippen molar-refractivity contribution in [3.8, 4) is 0 Å². The van der Waals surface area contributed by atoms with Gasteiger partial charge in [0, 0.05) is 12.8 Å². The Hall–Kier alpha value is -0.610. The molecule has 0 saturated carbocycles. The fourth-order valence-corrected chi connectivity index (χ4v) is 2.17. The van der Waals surface area contributed by atoms with E-state index in [1.54, 1.807) is 0 Å². The molecule has 0 radical (unpaired) electrons. The van der Waals surface area contributed by atoms with Crippen LogP contribution >= 0.6 is 0 Å². The average molecular weight is 243 g/mol. The first kappa shape index (κ1) is 14.5. The number of carbonyl (C=O) groups excluding carboxylic acids is 1. The zero-order chi connectivity index (χ0) is 13.0. The van der Waals surface area contributed by atoms with Gasteiger partial charge in [0.1, 0.15) is 12.1 Å². The lowest BCUT2D eigenvalue weighted by molar-refractivity contribution is -0.162. The number of hydrogen-bond donors (Lipinski definition) is 1. The van der Waals surface area contributed by atoms with Crippen molar-refractivity contribution >= 4 is 5.97 Å². The molecule has 0 aromatic heterocycles. The Morgan fingerprint density at radius 2 is 1.94 bits per heavy atom. The van der Waals surface area contributed by atoms with E-state index in [4.69, 9.17) is 15.2 Å². The summed E-state index contributed by atoms with van der Waals surface area (Å²) in [4.78, 5) is 11.8. The zero-order valence-electron chi connectivity index (χ0n) is 11.3. The summed E-state index contributed by atoms with van der Waals surface area (Å²) in [6, 6.07) is -0.506. The molecule has 1 saturated heterocycles. The van der Waals surface area contributed by atoms with Crippen LogP contribution in [-0.4, -0.2) is 30.3 Å². The Morgan fingerprint density at radius 3 is 2.41 bits per heavy atom. The Morgan fingerprint density at radius 1 is 1.41 bits per heavy atom. The van der Waals surface area contributed by atoms with E-state index < -0.39 is 6.04 Å². The fourth-order valence-electron chi connectivity index (χ4n) is 2.17. The maximum atomic E-state index is 11.8. The van der Waals surface area contributed by atoms with Crippen molar-refractivity contribution in [1.82, 2.24) is 0 Å². The van der Waals surface area contributed by atoms with Gasteiger partial charge in [0.15, 0.2) is 0 Å². The Balaban J connectivity index is 2.45. The van der Waals surface area contributed by atoms with Crippen LogP contribution in [0.1, 0.15) is 47.0 Å². The lowest BCUT2D eigenvalue weighted by Crippen LogP contribution is -2.42. The molecular weight excluding hydrogens is 218 g/mol. The van der Waals surface area contributed by atoms with E-state index in [9.17, 15) is 4.79 Å². The minimum atomic E-state index is -0.506. The largest absolute Gasteiger partial charge is 0.461 e. The summed E-state index contributed by atoms with van der Waals surface area (Å²) < 4.78 is 11.1. The molecule has 0 bridgehead atoms. The maximum absolute atomic E-state index is 11.8. The Kier molecular flexibility index (Phi) is 5.40. The van der Waals surface area contributed by atoms with Crippen molar-refractivity contribution in [2.24, 2.45) is 11.7 Å². The third-order valence-corrected chi connectivity index (χ3v) is 3.47. The van der Waals surface area contributed by atoms with Crippen molar-refractivity contribution in [2.75, 3.05) is 0 Å². The number of nitrogens with two attached hydrogens (primary N) is 1. The van der Waals surface area contributed by atoms with Gasteiger partial charge in [-0.2, -0.15) is 0 Å². The molecular formula is C13H25NO3. The molecule has 0 spiro atoms. The standard InChI is InChI=1S/C13H25NO3/c1-5-8(2)12(14)13(15)17-11-6-9(3)16-10(4)7-11/h8-12H,5-7,14H2,1-4H3. The fraction of sp³-hybridized carbons (Fsp3) is 0.923. The van der Waals surface area contributed by atoms with E-state index in [0.29, 0.717) is 0 Å². The van der Waals surface area contributed by atoms with E-state index in [-0.39, 0.29) is 30.2 Å². The summed E-state index contributed by atoms with van der Waals surface area (Å²) in [5, 5.41) is 0. The lowest BCUT2D eigenvalue weighted by atomic mass is 9.99. The van der Waals surface area contributed by atoms with Crippen LogP contribution in [0.15, 0.2) is 0 Å². The molecule has 1 aliphatic rings. The van der Waals surface area contributed by atoms with Crippen LogP contribution in [0, 0.1) is 5.92 Å². The van der Waals surface area contributed by atoms with Gasteiger partial charge in [-0.1, -0.05) is 20.3 Å². The number of hydrogen-bond acceptors (Lipinski definition) is 4. The Bertz CT molecular complexity index is 247. The van der Waals surface area contributed by atoms with Crippen molar-refractivity contribution in [2.45, 2.75) is 71.3 Å². The second-order valence-electron chi connectivity index (χ2n) is 5.20. The number of carbonyl (C=O) groups is 1. The highest BCUT2D eigenvalue weighted by Gasteiger charge is 2.30. The molecule has 0 aromatic carbocycles. The van der Waals surface area contributed by atoms with Crippen molar-refractivity contribution in [3.05, 3.63) is 0 Å². The topological polar surface area (TPSA) is 61.6 Å². The average Bonchev–Trinajstić information content (AvgIpc) is 2.25. The molecule has 1 heterocycles. The second kappa shape index (κ2) is 6.36. The zero-order valence-corrected chi connectivity index (χ0v) is 11.3. The summed E-state index contributed by atoms with van der Waals surface area (Å²) in [5.74, 6) is -0.108. The number of ether oxygens (including phenoxy) is 2. The van der Waals surface area contributed by atoms with Crippen LogP contribution in [0.2, 0.25) is 0 Å². The third-order valence-electron chi connectivity index (χ3n) is 3.47. The van der Waals surface area contributed by atoms with Gasteiger partial charge >= 0.3 is 5.97 Å². The van der Waals surface area contributed by atoms with E-state index in [0.717, 1.165) is 19.3 Å². The van der Waals surface area contributed by atoms with Crippen LogP contribution < -0.4 is 5.73 Å². The molecule has 100 valence electrons. The highest BCUT2D eigenvalue weighted by Crippen LogP contribution is 2.22. The summed E-state index contributed by atoms with van der Waals surface area (Å²) >= 11 is 0. The molecule has 1 rings (SSSR count). The predicted octanol–water partition coefficient (Wildman–Crippen LogP) is 1.86. The van der Waals surface area contributed by atoms with E-state index in [1.165, 1.54) is 0 Å². The SMILES string of the molecule is CCC(C)C(N)C(=O)OC1CC(C)OC(C)C1. The molecule has 2 N–H and O–H groups in total. The molecule has 4 atom stereocenters. The summed E-state index contributed by atoms with van der Waals surface area (Å²) in [6.45, 7) is 8.01. The van der Waals surface area contributed by atoms with E-state index in [1.807, 2.05) is 27.7 Å². The highest BCUT2D eigenvalue weighted by atomic mass is 16.6. The second-order valence-corrected chi connectivity index (χ2v) is 5.20. The van der Waals surface area contributed by atoms with Crippen molar-refractivity contribution < 1.29 is 14.3 Å². The van der Waals surface area contributed by atoms with Crippen LogP contribution in [0.25, 0.3) is 0 Å². The third kappa shape index (κ3) is 4.28. The first-order chi connectivity index (χ1) is 7.93. The number of esters is 1. The van der Waals surface area contributed by atoms with E-state index >= 15 is 0 Å². The van der Waals surface area contributed by atoms with Crippen LogP contribution in [0.4, 0.5) is 0 Å². The smallest absolute Gasteiger partial charge is 0.323 e. The molecule has 4 heteroatoms. The molecule has 1 aliphatic heterocycles. The van der Waals surface area contributed by atoms with Gasteiger partial charge in [-0.3, -0.25) is 4.79 Å². The van der Waals surface area contributed by atoms with Gasteiger partial charge in [-0.15, -0.1) is 0 Å². The summed E-state index contributed by atoms with van der Waals surface area (Å²) in [7, 11) is 0. The first-order valence-corrected chi connectivity index (χ1v) is 6.55. The minimum Gasteiger partial charge on any atom is -0.461 e. The molecule has 1 fully saturated rings. The van der Waals surface area contributed by atoms with Gasteiger partial charge in [0.2, 0.25) is 0 Å². The van der Waals surface area contributed by atoms with Gasteiger partial charge in [0.05, 0.1) is 12.2 Å². The lowest BCUT2D eigenvalue weighted by Gasteiger charge is -2.32. The van der Waals surface area contributed by atoms with E-state index in [2.05, 4.69) is 0 Å². The predicted molar refractivity (Wildman–Crippen MR) is 66.6 cm³/mol. The van der Waals surface area contributed by atoms with Gasteiger partial charge in [-0.25, -0.2) is 0 Å². The molecule has 0 amide bonds. The van der Waals surface area contributed by atoms with Crippen molar-refractivity contribution in [3.63, 3.8) is 0 Å². The molecule has 0 aliphatic carbocycles. The van der Waals surface area contributed by atoms with Crippen molar-refractivity contribution in [1.29, 1.82) is 0 Å². The van der Waals surface area contributed by atoms with Gasteiger partial charge < -0.3 is 15.2 Å². The van der Waals surface area contributed by atoms with Gasteiger partial charge in [-0.05, 0) is 19.8 Å².